The number of hydrogen-bond acceptors (Lipinski definition) is 5. The zero-order valence-corrected chi connectivity index (χ0v) is 20.3. The molecule has 2 N–H and O–H groups in total. The molecule has 0 unspecified atom stereocenters. The van der Waals surface area contributed by atoms with Gasteiger partial charge in [-0.25, -0.2) is 9.59 Å². The molecule has 0 aromatic heterocycles. The molecule has 0 radical (unpaired) electrons. The number of carboxylic acid groups (broad SMARTS) is 1. The number of aromatic carboxylic acids is 1. The van der Waals surface area contributed by atoms with E-state index in [1.807, 2.05) is 48.5 Å². The van der Waals surface area contributed by atoms with Crippen molar-refractivity contribution in [2.75, 3.05) is 18.0 Å². The van der Waals surface area contributed by atoms with Crippen LogP contribution in [0.25, 0.3) is 22.3 Å². The predicted molar refractivity (Wildman–Crippen MR) is 143 cm³/mol. The quantitative estimate of drug-likeness (QED) is 0.291. The summed E-state index contributed by atoms with van der Waals surface area (Å²) in [4.78, 5) is 26.7. The summed E-state index contributed by atoms with van der Waals surface area (Å²) in [6, 6.07) is 27.0. The van der Waals surface area contributed by atoms with Gasteiger partial charge in [-0.3, -0.25) is 0 Å². The van der Waals surface area contributed by atoms with Crippen molar-refractivity contribution in [3.05, 3.63) is 108 Å². The highest BCUT2D eigenvalue weighted by Crippen LogP contribution is 2.37. The lowest BCUT2D eigenvalue weighted by Crippen LogP contribution is -2.21. The van der Waals surface area contributed by atoms with Crippen LogP contribution < -0.4 is 4.90 Å². The van der Waals surface area contributed by atoms with Crippen molar-refractivity contribution >= 4 is 17.6 Å². The van der Waals surface area contributed by atoms with Crippen molar-refractivity contribution in [1.82, 2.24) is 0 Å². The minimum Gasteiger partial charge on any atom is -0.507 e. The van der Waals surface area contributed by atoms with Gasteiger partial charge in [0.15, 0.2) is 0 Å². The summed E-state index contributed by atoms with van der Waals surface area (Å²) in [5.74, 6) is -1.31. The van der Waals surface area contributed by atoms with Gasteiger partial charge in [0.25, 0.3) is 0 Å². The van der Waals surface area contributed by atoms with Crippen LogP contribution in [0, 0.1) is 0 Å². The molecule has 186 valence electrons. The third kappa shape index (κ3) is 5.33. The van der Waals surface area contributed by atoms with Gasteiger partial charge in [-0.2, -0.15) is 0 Å². The van der Waals surface area contributed by atoms with Crippen molar-refractivity contribution in [1.29, 1.82) is 0 Å². The second-order valence-electron chi connectivity index (χ2n) is 9.10. The van der Waals surface area contributed by atoms with Gasteiger partial charge in [-0.1, -0.05) is 54.6 Å². The molecular formula is C31H27NO5. The normalized spacial score (nSPS) is 12.9. The van der Waals surface area contributed by atoms with Crippen molar-refractivity contribution < 1.29 is 24.5 Å². The smallest absolute Gasteiger partial charge is 0.340 e. The summed E-state index contributed by atoms with van der Waals surface area (Å²) in [6.45, 7) is 1.94. The van der Waals surface area contributed by atoms with Gasteiger partial charge in [0.05, 0.1) is 16.8 Å². The first kappa shape index (κ1) is 24.1. The molecule has 4 aromatic rings. The van der Waals surface area contributed by atoms with Gasteiger partial charge in [-0.05, 0) is 71.5 Å². The molecule has 0 amide bonds. The zero-order valence-electron chi connectivity index (χ0n) is 20.3. The minimum atomic E-state index is -0.984. The number of aromatic hydroxyl groups is 1. The van der Waals surface area contributed by atoms with Crippen molar-refractivity contribution in [3.8, 4) is 28.0 Å². The van der Waals surface area contributed by atoms with Crippen LogP contribution in [0.4, 0.5) is 5.69 Å². The van der Waals surface area contributed by atoms with Crippen LogP contribution in [0.1, 0.15) is 39.1 Å². The number of anilines is 1. The molecule has 1 aliphatic rings. The minimum absolute atomic E-state index is 0.0865. The summed E-state index contributed by atoms with van der Waals surface area (Å²) < 4.78 is 5.68. The lowest BCUT2D eigenvalue weighted by Gasteiger charge is -2.22. The van der Waals surface area contributed by atoms with E-state index in [4.69, 9.17) is 4.74 Å². The molecule has 1 aliphatic heterocycles. The number of benzene rings is 4. The Morgan fingerprint density at radius 3 is 2.16 bits per heavy atom. The van der Waals surface area contributed by atoms with Crippen LogP contribution in [0.15, 0.2) is 91.0 Å². The zero-order chi connectivity index (χ0) is 25.8. The molecule has 5 rings (SSSR count). The molecule has 1 saturated heterocycles. The van der Waals surface area contributed by atoms with E-state index in [1.54, 1.807) is 42.5 Å². The van der Waals surface area contributed by atoms with E-state index >= 15 is 0 Å². The van der Waals surface area contributed by atoms with Crippen molar-refractivity contribution in [3.63, 3.8) is 0 Å². The maximum absolute atomic E-state index is 13.3. The van der Waals surface area contributed by atoms with E-state index in [9.17, 15) is 19.8 Å². The molecule has 0 aliphatic carbocycles. The Kier molecular flexibility index (Phi) is 6.90. The highest BCUT2D eigenvalue weighted by atomic mass is 16.5. The SMILES string of the molecule is O=C(O)c1ccc(-c2ccc(O)c(-c3ccc(N4CCCC4)c(C(=O)OCc4ccccc4)c3)c2)cc1. The Balaban J connectivity index is 1.49. The predicted octanol–water partition coefficient (Wildman–Crippen LogP) is 6.38. The van der Waals surface area contributed by atoms with Gasteiger partial charge in [-0.15, -0.1) is 0 Å². The number of rotatable bonds is 7. The number of phenolic OH excluding ortho intramolecular Hbond substituents is 1. The fourth-order valence-electron chi connectivity index (χ4n) is 4.65. The molecule has 0 spiro atoms. The number of carboxylic acids is 1. The number of ether oxygens (including phenoxy) is 1. The molecule has 6 nitrogen and oxygen atoms in total. The monoisotopic (exact) mass is 493 g/mol. The molecule has 37 heavy (non-hydrogen) atoms. The molecule has 4 aromatic carbocycles. The average Bonchev–Trinajstić information content (AvgIpc) is 3.47. The summed E-state index contributed by atoms with van der Waals surface area (Å²) in [5.41, 5.74) is 5.32. The Labute approximate surface area is 215 Å². The lowest BCUT2D eigenvalue weighted by molar-refractivity contribution is 0.0473. The van der Waals surface area contributed by atoms with E-state index in [0.29, 0.717) is 16.7 Å². The van der Waals surface area contributed by atoms with E-state index in [-0.39, 0.29) is 17.9 Å². The molecule has 0 saturated carbocycles. The highest BCUT2D eigenvalue weighted by Gasteiger charge is 2.22. The summed E-state index contributed by atoms with van der Waals surface area (Å²) in [6.07, 6.45) is 2.15. The number of phenols is 1. The van der Waals surface area contributed by atoms with E-state index in [1.165, 1.54) is 0 Å². The maximum Gasteiger partial charge on any atom is 0.340 e. The first-order chi connectivity index (χ1) is 18.0. The van der Waals surface area contributed by atoms with Crippen LogP contribution in [0.3, 0.4) is 0 Å². The Hall–Kier alpha value is -4.58. The standard InChI is InChI=1S/C31H27NO5/c33-29-15-13-24(22-8-10-23(11-9-22)30(34)35)18-26(29)25-12-14-28(32-16-4-5-17-32)27(19-25)31(36)37-20-21-6-2-1-3-7-21/h1-3,6-15,18-19,33H,4-5,16-17,20H2,(H,34,35). The van der Waals surface area contributed by atoms with Crippen molar-refractivity contribution in [2.24, 2.45) is 0 Å². The molecule has 0 atom stereocenters. The number of nitrogens with zero attached hydrogens (tertiary/aromatic N) is 1. The lowest BCUT2D eigenvalue weighted by atomic mass is 9.96. The van der Waals surface area contributed by atoms with Crippen LogP contribution in [-0.2, 0) is 11.3 Å². The number of carbonyl (C=O) groups excluding carboxylic acids is 1. The van der Waals surface area contributed by atoms with E-state index in [2.05, 4.69) is 4.90 Å². The van der Waals surface area contributed by atoms with Gasteiger partial charge in [0.2, 0.25) is 0 Å². The van der Waals surface area contributed by atoms with Crippen LogP contribution in [0.5, 0.6) is 5.75 Å². The third-order valence-electron chi connectivity index (χ3n) is 6.65. The number of carbonyl (C=O) groups is 2. The number of esters is 1. The summed E-state index contributed by atoms with van der Waals surface area (Å²) >= 11 is 0. The third-order valence-corrected chi connectivity index (χ3v) is 6.65. The Morgan fingerprint density at radius 2 is 1.46 bits per heavy atom. The van der Waals surface area contributed by atoms with Gasteiger partial charge in [0, 0.05) is 18.7 Å². The number of hydrogen-bond donors (Lipinski definition) is 2. The first-order valence-electron chi connectivity index (χ1n) is 12.3. The molecule has 1 fully saturated rings. The topological polar surface area (TPSA) is 87.1 Å². The Bertz CT molecular complexity index is 1420. The van der Waals surface area contributed by atoms with Crippen LogP contribution in [0.2, 0.25) is 0 Å². The summed E-state index contributed by atoms with van der Waals surface area (Å²) in [7, 11) is 0. The summed E-state index contributed by atoms with van der Waals surface area (Å²) in [5, 5.41) is 19.9. The van der Waals surface area contributed by atoms with Crippen LogP contribution in [-0.4, -0.2) is 35.2 Å². The average molecular weight is 494 g/mol. The highest BCUT2D eigenvalue weighted by molar-refractivity contribution is 5.98. The largest absolute Gasteiger partial charge is 0.507 e. The second kappa shape index (κ2) is 10.6. The van der Waals surface area contributed by atoms with Gasteiger partial charge < -0.3 is 19.8 Å². The molecule has 6 heteroatoms. The fraction of sp³-hybridized carbons (Fsp3) is 0.161. The molecule has 0 bridgehead atoms. The molecule has 1 heterocycles. The van der Waals surface area contributed by atoms with Crippen LogP contribution >= 0.6 is 0 Å². The molecular weight excluding hydrogens is 466 g/mol. The van der Waals surface area contributed by atoms with E-state index < -0.39 is 11.9 Å². The maximum atomic E-state index is 13.3. The Morgan fingerprint density at radius 1 is 0.784 bits per heavy atom. The van der Waals surface area contributed by atoms with Gasteiger partial charge in [0.1, 0.15) is 12.4 Å². The van der Waals surface area contributed by atoms with Gasteiger partial charge >= 0.3 is 11.9 Å². The second-order valence-corrected chi connectivity index (χ2v) is 9.10. The van der Waals surface area contributed by atoms with Crippen molar-refractivity contribution in [2.45, 2.75) is 19.4 Å². The van der Waals surface area contributed by atoms with E-state index in [0.717, 1.165) is 48.3 Å². The first-order valence-corrected chi connectivity index (χ1v) is 12.3. The fourth-order valence-corrected chi connectivity index (χ4v) is 4.65.